The minimum absolute atomic E-state index is 0.331. The minimum atomic E-state index is -4.55. The topological polar surface area (TPSA) is 71.8 Å². The zero-order valence-electron chi connectivity index (χ0n) is 12.6. The maximum Gasteiger partial charge on any atom is 0.417 e. The number of H-pyrrole nitrogens is 1. The fourth-order valence-electron chi connectivity index (χ4n) is 2.41. The molecule has 0 saturated heterocycles. The van der Waals surface area contributed by atoms with Crippen molar-refractivity contribution in [1.29, 1.82) is 0 Å². The molecule has 25 heavy (non-hydrogen) atoms. The van der Waals surface area contributed by atoms with E-state index in [2.05, 4.69) is 9.97 Å². The van der Waals surface area contributed by atoms with Crippen molar-refractivity contribution in [3.8, 4) is 11.1 Å². The molecule has 8 heteroatoms. The maximum absolute atomic E-state index is 13.0. The van der Waals surface area contributed by atoms with Crippen molar-refractivity contribution in [2.75, 3.05) is 0 Å². The van der Waals surface area contributed by atoms with Gasteiger partial charge in [0.1, 0.15) is 5.65 Å². The van der Waals surface area contributed by atoms with Crippen LogP contribution in [0.25, 0.3) is 28.2 Å². The number of aromatic nitrogens is 2. The van der Waals surface area contributed by atoms with Gasteiger partial charge in [-0.05, 0) is 29.8 Å². The molecule has 0 fully saturated rings. The van der Waals surface area contributed by atoms with E-state index in [1.54, 1.807) is 12.3 Å². The molecular formula is C17H11ClF3N3O. The normalized spacial score (nSPS) is 12.2. The Morgan fingerprint density at radius 3 is 2.68 bits per heavy atom. The summed E-state index contributed by atoms with van der Waals surface area (Å²) in [5.41, 5.74) is 6.17. The Morgan fingerprint density at radius 1 is 1.24 bits per heavy atom. The first-order chi connectivity index (χ1) is 11.8. The molecule has 1 aromatic carbocycles. The molecule has 4 nitrogen and oxygen atoms in total. The highest BCUT2D eigenvalue weighted by atomic mass is 35.5. The first kappa shape index (κ1) is 17.0. The first-order valence-electron chi connectivity index (χ1n) is 7.07. The Bertz CT molecular complexity index is 992. The smallest absolute Gasteiger partial charge is 0.366 e. The lowest BCUT2D eigenvalue weighted by molar-refractivity contribution is -0.137. The standard InChI is InChI=1S/C17H11ClF3N3O/c18-14-3-1-9(6-13(14)17(19,20)21)11-5-12-10(2-4-15(22)25)7-23-16(12)24-8-11/h1-8H,(H2,22,25)(H,23,24)/b4-2+. The van der Waals surface area contributed by atoms with Gasteiger partial charge in [-0.3, -0.25) is 4.79 Å². The number of fused-ring (bicyclic) bond motifs is 1. The summed E-state index contributed by atoms with van der Waals surface area (Å²) in [6.45, 7) is 0. The van der Waals surface area contributed by atoms with Crippen molar-refractivity contribution in [2.45, 2.75) is 6.18 Å². The lowest BCUT2D eigenvalue weighted by Gasteiger charge is -2.11. The molecule has 0 aliphatic carbocycles. The monoisotopic (exact) mass is 365 g/mol. The second kappa shape index (κ2) is 6.25. The summed E-state index contributed by atoms with van der Waals surface area (Å²) in [5, 5.41) is 0.288. The maximum atomic E-state index is 13.0. The van der Waals surface area contributed by atoms with Gasteiger partial charge in [0.05, 0.1) is 10.6 Å². The zero-order valence-corrected chi connectivity index (χ0v) is 13.3. The summed E-state index contributed by atoms with van der Waals surface area (Å²) < 4.78 is 39.1. The number of amides is 1. The third-order valence-electron chi connectivity index (χ3n) is 3.60. The fourth-order valence-corrected chi connectivity index (χ4v) is 2.64. The number of hydrogen-bond donors (Lipinski definition) is 2. The van der Waals surface area contributed by atoms with Crippen molar-refractivity contribution in [3.63, 3.8) is 0 Å². The molecule has 3 N–H and O–H groups in total. The quantitative estimate of drug-likeness (QED) is 0.675. The van der Waals surface area contributed by atoms with Gasteiger partial charge in [0.2, 0.25) is 5.91 Å². The van der Waals surface area contributed by atoms with Crippen molar-refractivity contribution in [3.05, 3.63) is 58.9 Å². The van der Waals surface area contributed by atoms with Crippen LogP contribution in [-0.2, 0) is 11.0 Å². The molecular weight excluding hydrogens is 355 g/mol. The molecule has 0 atom stereocenters. The van der Waals surface area contributed by atoms with E-state index in [0.29, 0.717) is 27.7 Å². The highest BCUT2D eigenvalue weighted by Gasteiger charge is 2.33. The van der Waals surface area contributed by atoms with Gasteiger partial charge in [0, 0.05) is 35.0 Å². The second-order valence-corrected chi connectivity index (χ2v) is 5.70. The summed E-state index contributed by atoms with van der Waals surface area (Å²) in [6.07, 6.45) is 1.25. The van der Waals surface area contributed by atoms with Crippen LogP contribution in [0.3, 0.4) is 0 Å². The van der Waals surface area contributed by atoms with Crippen LogP contribution in [0, 0.1) is 0 Å². The van der Waals surface area contributed by atoms with Crippen LogP contribution in [0.15, 0.2) is 42.7 Å². The zero-order chi connectivity index (χ0) is 18.2. The summed E-state index contributed by atoms with van der Waals surface area (Å²) >= 11 is 5.65. The summed E-state index contributed by atoms with van der Waals surface area (Å²) in [4.78, 5) is 18.0. The van der Waals surface area contributed by atoms with E-state index in [9.17, 15) is 18.0 Å². The second-order valence-electron chi connectivity index (χ2n) is 5.29. The molecule has 3 aromatic rings. The number of benzene rings is 1. The van der Waals surface area contributed by atoms with E-state index < -0.39 is 17.6 Å². The van der Waals surface area contributed by atoms with Crippen LogP contribution in [-0.4, -0.2) is 15.9 Å². The number of hydrogen-bond acceptors (Lipinski definition) is 2. The molecule has 0 aliphatic heterocycles. The molecule has 0 saturated carbocycles. The fraction of sp³-hybridized carbons (Fsp3) is 0.0588. The molecule has 3 rings (SSSR count). The van der Waals surface area contributed by atoms with E-state index in [4.69, 9.17) is 17.3 Å². The Balaban J connectivity index is 2.11. The number of nitrogens with one attached hydrogen (secondary N) is 1. The number of halogens is 4. The number of nitrogens with two attached hydrogens (primary N) is 1. The Morgan fingerprint density at radius 2 is 2.00 bits per heavy atom. The van der Waals surface area contributed by atoms with Gasteiger partial charge in [0.15, 0.2) is 0 Å². The summed E-state index contributed by atoms with van der Waals surface area (Å²) in [7, 11) is 0. The first-order valence-corrected chi connectivity index (χ1v) is 7.45. The Labute approximate surface area is 145 Å². The number of primary amides is 1. The summed E-state index contributed by atoms with van der Waals surface area (Å²) in [6, 6.07) is 5.36. The molecule has 0 radical (unpaired) electrons. The van der Waals surface area contributed by atoms with Crippen LogP contribution >= 0.6 is 11.6 Å². The Hall–Kier alpha value is -2.80. The highest BCUT2D eigenvalue weighted by Crippen LogP contribution is 2.37. The van der Waals surface area contributed by atoms with Gasteiger partial charge >= 0.3 is 6.18 Å². The summed E-state index contributed by atoms with van der Waals surface area (Å²) in [5.74, 6) is -0.606. The van der Waals surface area contributed by atoms with Gasteiger partial charge < -0.3 is 10.7 Å². The van der Waals surface area contributed by atoms with E-state index in [1.165, 1.54) is 30.5 Å². The van der Waals surface area contributed by atoms with Crippen molar-refractivity contribution < 1.29 is 18.0 Å². The predicted octanol–water partition coefficient (Wildman–Crippen LogP) is 4.40. The number of rotatable bonds is 3. The largest absolute Gasteiger partial charge is 0.417 e. The third-order valence-corrected chi connectivity index (χ3v) is 3.92. The van der Waals surface area contributed by atoms with Crippen molar-refractivity contribution >= 4 is 34.6 Å². The molecule has 1 amide bonds. The van der Waals surface area contributed by atoms with Crippen LogP contribution < -0.4 is 5.73 Å². The van der Waals surface area contributed by atoms with Crippen LogP contribution in [0.4, 0.5) is 13.2 Å². The lowest BCUT2D eigenvalue weighted by Crippen LogP contribution is -2.05. The molecule has 0 bridgehead atoms. The number of pyridine rings is 1. The molecule has 0 aliphatic rings. The molecule has 2 aromatic heterocycles. The van der Waals surface area contributed by atoms with Gasteiger partial charge in [0.25, 0.3) is 0 Å². The van der Waals surface area contributed by atoms with Crippen molar-refractivity contribution in [2.24, 2.45) is 5.73 Å². The average molecular weight is 366 g/mol. The highest BCUT2D eigenvalue weighted by molar-refractivity contribution is 6.31. The predicted molar refractivity (Wildman–Crippen MR) is 89.8 cm³/mol. The van der Waals surface area contributed by atoms with Crippen LogP contribution in [0.2, 0.25) is 5.02 Å². The number of nitrogens with zero attached hydrogens (tertiary/aromatic N) is 1. The average Bonchev–Trinajstić information content (AvgIpc) is 2.94. The molecule has 2 heterocycles. The van der Waals surface area contributed by atoms with Crippen LogP contribution in [0.1, 0.15) is 11.1 Å². The molecule has 0 spiro atoms. The lowest BCUT2D eigenvalue weighted by atomic mass is 10.0. The van der Waals surface area contributed by atoms with E-state index in [1.807, 2.05) is 0 Å². The van der Waals surface area contributed by atoms with Gasteiger partial charge in [-0.2, -0.15) is 13.2 Å². The number of alkyl halides is 3. The van der Waals surface area contributed by atoms with Gasteiger partial charge in [-0.1, -0.05) is 17.7 Å². The SMILES string of the molecule is NC(=O)/C=C/c1c[nH]c2ncc(-c3ccc(Cl)c(C(F)(F)F)c3)cc12. The minimum Gasteiger partial charge on any atom is -0.366 e. The van der Waals surface area contributed by atoms with Crippen LogP contribution in [0.5, 0.6) is 0 Å². The van der Waals surface area contributed by atoms with E-state index in [0.717, 1.165) is 6.07 Å². The van der Waals surface area contributed by atoms with Crippen molar-refractivity contribution in [1.82, 2.24) is 9.97 Å². The van der Waals surface area contributed by atoms with E-state index >= 15 is 0 Å². The molecule has 128 valence electrons. The van der Waals surface area contributed by atoms with E-state index in [-0.39, 0.29) is 5.02 Å². The number of aromatic amines is 1. The van der Waals surface area contributed by atoms with Gasteiger partial charge in [-0.15, -0.1) is 0 Å². The van der Waals surface area contributed by atoms with Gasteiger partial charge in [-0.25, -0.2) is 4.98 Å². The molecule has 0 unspecified atom stereocenters. The third kappa shape index (κ3) is 3.51. The number of carbonyl (C=O) groups excluding carboxylic acids is 1. The Kier molecular flexibility index (Phi) is 4.26. The number of carbonyl (C=O) groups is 1.